The fourth-order valence-corrected chi connectivity index (χ4v) is 8.68. The summed E-state index contributed by atoms with van der Waals surface area (Å²) in [7, 11) is 0. The van der Waals surface area contributed by atoms with Crippen molar-refractivity contribution in [1.82, 2.24) is 14.5 Å². The van der Waals surface area contributed by atoms with Crippen molar-refractivity contribution < 1.29 is 8.81 Å². The van der Waals surface area contributed by atoms with Crippen LogP contribution < -0.4 is 0 Å². The van der Waals surface area contributed by atoms with Gasteiger partial charge in [0.05, 0.1) is 69.2 Å². The lowest BCUT2D eigenvalue weighted by Crippen LogP contribution is -2.04. The third kappa shape index (κ3) is 5.74. The Bertz CT molecular complexity index is 3810. The first-order valence-electron chi connectivity index (χ1n) is 19.3. The van der Waals surface area contributed by atoms with E-state index in [-0.39, 0.29) is 61.8 Å². The van der Waals surface area contributed by atoms with Gasteiger partial charge in [0.1, 0.15) is 17.0 Å². The van der Waals surface area contributed by atoms with Gasteiger partial charge >= 0.3 is 0 Å². The Hall–Kier alpha value is -9.84. The van der Waals surface area contributed by atoms with E-state index < -0.39 is 0 Å². The predicted molar refractivity (Wildman–Crippen MR) is 237 cm³/mol. The normalized spacial score (nSPS) is 10.8. The summed E-state index contributed by atoms with van der Waals surface area (Å²) >= 11 is 0. The maximum Gasteiger partial charge on any atom is 0.234 e. The van der Waals surface area contributed by atoms with Crippen molar-refractivity contribution in [3.05, 3.63) is 173 Å². The molecule has 0 amide bonds. The SMILES string of the molecule is C#Cc1cc(C#N)c(-c2c(-c3c(C#N)cc(C#N)cc3C#N)c(-c3ccccc3)c3c(oc4ccccc43)c2-c2cnc(-n3c4ccccc4c4cc(F)ccc43)nc2)c(C#N)c1. The Morgan fingerprint density at radius 1 is 0.508 bits per heavy atom. The maximum absolute atomic E-state index is 14.6. The number of terminal acetylenes is 1. The van der Waals surface area contributed by atoms with Crippen LogP contribution in [0.25, 0.3) is 94.2 Å². The molecule has 0 bridgehead atoms. The van der Waals surface area contributed by atoms with Gasteiger partial charge in [0.25, 0.3) is 0 Å². The fourth-order valence-electron chi connectivity index (χ4n) is 8.68. The van der Waals surface area contributed by atoms with Crippen LogP contribution in [0.5, 0.6) is 0 Å². The first kappa shape index (κ1) is 37.4. The Morgan fingerprint density at radius 3 is 1.68 bits per heavy atom. The van der Waals surface area contributed by atoms with Crippen LogP contribution in [0.4, 0.5) is 4.39 Å². The number of benzene rings is 7. The van der Waals surface area contributed by atoms with Gasteiger partial charge < -0.3 is 4.42 Å². The molecule has 63 heavy (non-hydrogen) atoms. The van der Waals surface area contributed by atoms with Gasteiger partial charge in [-0.15, -0.1) is 6.42 Å². The Balaban J connectivity index is 1.44. The molecule has 3 aromatic heterocycles. The summed E-state index contributed by atoms with van der Waals surface area (Å²) in [6, 6.07) is 45.8. The summed E-state index contributed by atoms with van der Waals surface area (Å²) in [6.07, 6.45) is 9.07. The number of nitrogens with zero attached hydrogens (tertiary/aromatic N) is 8. The van der Waals surface area contributed by atoms with E-state index in [9.17, 15) is 30.7 Å². The van der Waals surface area contributed by atoms with Crippen LogP contribution >= 0.6 is 0 Å². The van der Waals surface area contributed by atoms with E-state index in [0.29, 0.717) is 60.7 Å². The van der Waals surface area contributed by atoms with Crippen LogP contribution in [0, 0.1) is 74.8 Å². The van der Waals surface area contributed by atoms with E-state index >= 15 is 0 Å². The van der Waals surface area contributed by atoms with Gasteiger partial charge in [-0.2, -0.15) is 26.3 Å². The summed E-state index contributed by atoms with van der Waals surface area (Å²) in [6.45, 7) is 0. The fraction of sp³-hybridized carbons (Fsp3) is 0. The number of hydrogen-bond donors (Lipinski definition) is 0. The molecule has 0 fully saturated rings. The Morgan fingerprint density at radius 2 is 1.06 bits per heavy atom. The number of nitriles is 5. The monoisotopic (exact) mass is 806 g/mol. The number of halogens is 1. The first-order valence-corrected chi connectivity index (χ1v) is 19.3. The van der Waals surface area contributed by atoms with Crippen molar-refractivity contribution in [2.45, 2.75) is 0 Å². The molecule has 0 saturated carbocycles. The molecule has 0 aliphatic rings. The van der Waals surface area contributed by atoms with Crippen molar-refractivity contribution in [2.75, 3.05) is 0 Å². The molecule has 7 aromatic carbocycles. The highest BCUT2D eigenvalue weighted by atomic mass is 19.1. The average Bonchev–Trinajstić information content (AvgIpc) is 3.88. The largest absolute Gasteiger partial charge is 0.455 e. The van der Waals surface area contributed by atoms with Gasteiger partial charge in [-0.05, 0) is 60.2 Å². The van der Waals surface area contributed by atoms with E-state index in [1.165, 1.54) is 36.4 Å². The van der Waals surface area contributed by atoms with Crippen LogP contribution in [-0.4, -0.2) is 14.5 Å². The van der Waals surface area contributed by atoms with Crippen LogP contribution in [0.3, 0.4) is 0 Å². The Kier molecular flexibility index (Phi) is 8.77. The van der Waals surface area contributed by atoms with Gasteiger partial charge in [0.2, 0.25) is 5.95 Å². The molecule has 0 radical (unpaired) electrons. The van der Waals surface area contributed by atoms with Crippen LogP contribution in [-0.2, 0) is 0 Å². The standard InChI is InChI=1S/C53H23FN8O/c1-2-30-18-33(24-56)46(34(19-30)25-57)51-48(37-28-60-53(61-29-37)62-42-14-8-6-12-39(42)41-22-38(54)16-17-43(41)62)52-49(40-13-7-9-15-44(40)63-52)47(32-10-4-3-5-11-32)50(51)45-35(26-58)20-31(23-55)21-36(45)27-59/h1,3-22,28-29H. The van der Waals surface area contributed by atoms with E-state index in [4.69, 9.17) is 20.8 Å². The molecular weight excluding hydrogens is 784 g/mol. The summed E-state index contributed by atoms with van der Waals surface area (Å²) in [5, 5.41) is 56.4. The number of furan rings is 1. The van der Waals surface area contributed by atoms with Crippen LogP contribution in [0.15, 0.2) is 138 Å². The minimum absolute atomic E-state index is 0.00814. The van der Waals surface area contributed by atoms with E-state index in [1.807, 2.05) is 83.4 Å². The molecule has 0 unspecified atom stereocenters. The summed E-state index contributed by atoms with van der Waals surface area (Å²) in [5.74, 6) is 2.44. The molecule has 288 valence electrons. The number of para-hydroxylation sites is 2. The maximum atomic E-state index is 14.6. The lowest BCUT2D eigenvalue weighted by molar-refractivity contribution is 0.629. The highest BCUT2D eigenvalue weighted by Gasteiger charge is 2.33. The van der Waals surface area contributed by atoms with E-state index in [2.05, 4.69) is 36.3 Å². The average molecular weight is 807 g/mol. The van der Waals surface area contributed by atoms with Gasteiger partial charge in [0.15, 0.2) is 0 Å². The van der Waals surface area contributed by atoms with Crippen molar-refractivity contribution >= 4 is 43.7 Å². The van der Waals surface area contributed by atoms with E-state index in [0.717, 1.165) is 10.9 Å². The molecule has 0 atom stereocenters. The highest BCUT2D eigenvalue weighted by molar-refractivity contribution is 6.25. The number of aromatic nitrogens is 3. The van der Waals surface area contributed by atoms with Crippen LogP contribution in [0.2, 0.25) is 0 Å². The van der Waals surface area contributed by atoms with Crippen molar-refractivity contribution in [1.29, 1.82) is 26.3 Å². The highest BCUT2D eigenvalue weighted by Crippen LogP contribution is 2.55. The summed E-state index contributed by atoms with van der Waals surface area (Å²) in [5.41, 5.74) is 5.63. The minimum atomic E-state index is -0.385. The molecule has 3 heterocycles. The number of rotatable bonds is 5. The molecule has 0 aliphatic heterocycles. The summed E-state index contributed by atoms with van der Waals surface area (Å²) in [4.78, 5) is 9.84. The lowest BCUT2D eigenvalue weighted by atomic mass is 9.76. The topological polar surface area (TPSA) is 163 Å². The minimum Gasteiger partial charge on any atom is -0.455 e. The van der Waals surface area contributed by atoms with Crippen molar-refractivity contribution in [3.63, 3.8) is 0 Å². The molecular formula is C53H23FN8O. The second kappa shape index (κ2) is 14.8. The molecule has 0 N–H and O–H groups in total. The quantitative estimate of drug-likeness (QED) is 0.155. The lowest BCUT2D eigenvalue weighted by Gasteiger charge is -2.24. The second-order valence-corrected chi connectivity index (χ2v) is 14.6. The molecule has 10 aromatic rings. The zero-order chi connectivity index (χ0) is 43.4. The Labute approximate surface area is 358 Å². The predicted octanol–water partition coefficient (Wildman–Crippen LogP) is 11.6. The number of hydrogen-bond acceptors (Lipinski definition) is 8. The molecule has 0 saturated heterocycles. The van der Waals surface area contributed by atoms with Gasteiger partial charge in [-0.3, -0.25) is 4.57 Å². The smallest absolute Gasteiger partial charge is 0.234 e. The molecule has 10 heteroatoms. The first-order chi connectivity index (χ1) is 30.9. The second-order valence-electron chi connectivity index (χ2n) is 14.6. The van der Waals surface area contributed by atoms with Crippen molar-refractivity contribution in [2.24, 2.45) is 0 Å². The molecule has 0 aliphatic carbocycles. The van der Waals surface area contributed by atoms with Gasteiger partial charge in [-0.25, -0.2) is 14.4 Å². The third-order valence-corrected chi connectivity index (χ3v) is 11.2. The zero-order valence-electron chi connectivity index (χ0n) is 32.6. The molecule has 9 nitrogen and oxygen atoms in total. The number of fused-ring (bicyclic) bond motifs is 6. The zero-order valence-corrected chi connectivity index (χ0v) is 32.6. The van der Waals surface area contributed by atoms with E-state index in [1.54, 1.807) is 18.5 Å². The third-order valence-electron chi connectivity index (χ3n) is 11.2. The van der Waals surface area contributed by atoms with Crippen LogP contribution in [0.1, 0.15) is 33.4 Å². The summed E-state index contributed by atoms with van der Waals surface area (Å²) < 4.78 is 23.3. The molecule has 0 spiro atoms. The van der Waals surface area contributed by atoms with Crippen molar-refractivity contribution in [3.8, 4) is 93.1 Å². The van der Waals surface area contributed by atoms with Gasteiger partial charge in [0, 0.05) is 78.4 Å². The molecule has 10 rings (SSSR count). The van der Waals surface area contributed by atoms with Gasteiger partial charge in [-0.1, -0.05) is 72.7 Å².